The molecule has 146 valence electrons. The standard InChI is InChI=1S/C21H27NO4S/c1-16(2)17-4-10-21(11-5-17)27(23,24)22-14-12-20(13-15-22)26-19-8-6-18(25-3)7-9-19/h4-11,16,20H,12-15H2,1-3H3. The summed E-state index contributed by atoms with van der Waals surface area (Å²) in [5, 5.41) is 0. The van der Waals surface area contributed by atoms with Crippen LogP contribution in [0.1, 0.15) is 38.2 Å². The highest BCUT2D eigenvalue weighted by Gasteiger charge is 2.30. The average Bonchev–Trinajstić information content (AvgIpc) is 2.69. The molecule has 0 spiro atoms. The van der Waals surface area contributed by atoms with Gasteiger partial charge in [-0.25, -0.2) is 8.42 Å². The fourth-order valence-corrected chi connectivity index (χ4v) is 4.68. The van der Waals surface area contributed by atoms with Gasteiger partial charge in [0, 0.05) is 13.1 Å². The molecular formula is C21H27NO4S. The SMILES string of the molecule is COc1ccc(OC2CCN(S(=O)(=O)c3ccc(C(C)C)cc3)CC2)cc1. The normalized spacial score (nSPS) is 16.4. The van der Waals surface area contributed by atoms with Crippen LogP contribution in [0.25, 0.3) is 0 Å². The van der Waals surface area contributed by atoms with Gasteiger partial charge in [0.1, 0.15) is 17.6 Å². The number of hydrogen-bond donors (Lipinski definition) is 0. The summed E-state index contributed by atoms with van der Waals surface area (Å²) in [7, 11) is -1.82. The van der Waals surface area contributed by atoms with E-state index in [2.05, 4.69) is 13.8 Å². The lowest BCUT2D eigenvalue weighted by Crippen LogP contribution is -2.41. The molecule has 0 atom stereocenters. The number of ether oxygens (including phenoxy) is 2. The van der Waals surface area contributed by atoms with Crippen LogP contribution in [0.4, 0.5) is 0 Å². The highest BCUT2D eigenvalue weighted by molar-refractivity contribution is 7.89. The van der Waals surface area contributed by atoms with E-state index >= 15 is 0 Å². The van der Waals surface area contributed by atoms with Crippen LogP contribution in [0.3, 0.4) is 0 Å². The van der Waals surface area contributed by atoms with Crippen molar-refractivity contribution in [2.75, 3.05) is 20.2 Å². The molecule has 0 aliphatic carbocycles. The molecule has 27 heavy (non-hydrogen) atoms. The second-order valence-electron chi connectivity index (χ2n) is 7.12. The number of sulfonamides is 1. The van der Waals surface area contributed by atoms with Crippen molar-refractivity contribution in [1.82, 2.24) is 4.31 Å². The summed E-state index contributed by atoms with van der Waals surface area (Å²) in [6, 6.07) is 14.7. The molecule has 0 unspecified atom stereocenters. The van der Waals surface area contributed by atoms with Gasteiger partial charge in [-0.3, -0.25) is 0 Å². The first-order valence-electron chi connectivity index (χ1n) is 9.31. The van der Waals surface area contributed by atoms with Crippen LogP contribution in [-0.2, 0) is 10.0 Å². The van der Waals surface area contributed by atoms with Crippen LogP contribution in [0.15, 0.2) is 53.4 Å². The van der Waals surface area contributed by atoms with Crippen molar-refractivity contribution in [3.63, 3.8) is 0 Å². The van der Waals surface area contributed by atoms with Crippen molar-refractivity contribution in [3.05, 3.63) is 54.1 Å². The molecule has 6 heteroatoms. The molecule has 0 saturated carbocycles. The highest BCUT2D eigenvalue weighted by Crippen LogP contribution is 2.26. The van der Waals surface area contributed by atoms with Crippen LogP contribution >= 0.6 is 0 Å². The minimum Gasteiger partial charge on any atom is -0.497 e. The summed E-state index contributed by atoms with van der Waals surface area (Å²) in [5.74, 6) is 1.95. The van der Waals surface area contributed by atoms with Crippen molar-refractivity contribution >= 4 is 10.0 Å². The van der Waals surface area contributed by atoms with E-state index in [0.717, 1.165) is 17.1 Å². The average molecular weight is 390 g/mol. The van der Waals surface area contributed by atoms with E-state index in [4.69, 9.17) is 9.47 Å². The van der Waals surface area contributed by atoms with Crippen LogP contribution in [0, 0.1) is 0 Å². The van der Waals surface area contributed by atoms with Crippen molar-refractivity contribution in [3.8, 4) is 11.5 Å². The number of hydrogen-bond acceptors (Lipinski definition) is 4. The van der Waals surface area contributed by atoms with Crippen LogP contribution in [-0.4, -0.2) is 39.0 Å². The maximum atomic E-state index is 12.9. The van der Waals surface area contributed by atoms with Crippen molar-refractivity contribution in [2.24, 2.45) is 0 Å². The van der Waals surface area contributed by atoms with Gasteiger partial charge in [-0.1, -0.05) is 26.0 Å². The summed E-state index contributed by atoms with van der Waals surface area (Å²) in [6.45, 7) is 5.12. The van der Waals surface area contributed by atoms with E-state index in [1.807, 2.05) is 36.4 Å². The summed E-state index contributed by atoms with van der Waals surface area (Å²) < 4.78 is 38.4. The first-order chi connectivity index (χ1) is 12.9. The molecule has 1 saturated heterocycles. The second kappa shape index (κ2) is 8.31. The predicted molar refractivity (Wildman–Crippen MR) is 106 cm³/mol. The lowest BCUT2D eigenvalue weighted by molar-refractivity contribution is 0.135. The lowest BCUT2D eigenvalue weighted by Gasteiger charge is -2.31. The Hall–Kier alpha value is -2.05. The van der Waals surface area contributed by atoms with Crippen LogP contribution in [0.5, 0.6) is 11.5 Å². The molecule has 0 amide bonds. The number of methoxy groups -OCH3 is 1. The zero-order chi connectivity index (χ0) is 19.4. The molecule has 2 aromatic rings. The summed E-state index contributed by atoms with van der Waals surface area (Å²) in [5.41, 5.74) is 1.14. The van der Waals surface area contributed by atoms with Gasteiger partial charge in [-0.05, 0) is 60.7 Å². The van der Waals surface area contributed by atoms with Gasteiger partial charge in [0.2, 0.25) is 10.0 Å². The van der Waals surface area contributed by atoms with Gasteiger partial charge >= 0.3 is 0 Å². The Balaban J connectivity index is 1.60. The molecule has 1 aliphatic heterocycles. The Kier molecular flexibility index (Phi) is 6.07. The molecule has 0 aromatic heterocycles. The monoisotopic (exact) mass is 389 g/mol. The molecular weight excluding hydrogens is 362 g/mol. The highest BCUT2D eigenvalue weighted by atomic mass is 32.2. The summed E-state index contributed by atoms with van der Waals surface area (Å²) in [6.07, 6.45) is 1.37. The molecule has 1 fully saturated rings. The van der Waals surface area contributed by atoms with Crippen molar-refractivity contribution in [1.29, 1.82) is 0 Å². The van der Waals surface area contributed by atoms with Crippen LogP contribution in [0.2, 0.25) is 0 Å². The maximum absolute atomic E-state index is 12.9. The molecule has 0 bridgehead atoms. The van der Waals surface area contributed by atoms with E-state index in [-0.39, 0.29) is 6.10 Å². The molecule has 1 heterocycles. The molecule has 2 aromatic carbocycles. The van der Waals surface area contributed by atoms with Crippen molar-refractivity contribution < 1.29 is 17.9 Å². The van der Waals surface area contributed by atoms with Gasteiger partial charge in [-0.2, -0.15) is 4.31 Å². The zero-order valence-electron chi connectivity index (χ0n) is 16.1. The second-order valence-corrected chi connectivity index (χ2v) is 9.06. The summed E-state index contributed by atoms with van der Waals surface area (Å²) >= 11 is 0. The number of benzene rings is 2. The number of nitrogens with zero attached hydrogens (tertiary/aromatic N) is 1. The first-order valence-corrected chi connectivity index (χ1v) is 10.7. The fraction of sp³-hybridized carbons (Fsp3) is 0.429. The van der Waals surface area contributed by atoms with E-state index in [9.17, 15) is 8.42 Å². The molecule has 5 nitrogen and oxygen atoms in total. The fourth-order valence-electron chi connectivity index (χ4n) is 3.21. The Morgan fingerprint density at radius 3 is 2.00 bits per heavy atom. The smallest absolute Gasteiger partial charge is 0.243 e. The Morgan fingerprint density at radius 2 is 1.48 bits per heavy atom. The third kappa shape index (κ3) is 4.62. The topological polar surface area (TPSA) is 55.8 Å². The Labute approximate surface area is 162 Å². The third-order valence-corrected chi connectivity index (χ3v) is 6.86. The lowest BCUT2D eigenvalue weighted by atomic mass is 10.0. The zero-order valence-corrected chi connectivity index (χ0v) is 16.9. The Bertz CT molecular complexity index is 837. The van der Waals surface area contributed by atoms with E-state index in [0.29, 0.717) is 36.7 Å². The van der Waals surface area contributed by atoms with E-state index < -0.39 is 10.0 Å². The van der Waals surface area contributed by atoms with Crippen molar-refractivity contribution in [2.45, 2.75) is 43.6 Å². The largest absolute Gasteiger partial charge is 0.497 e. The predicted octanol–water partition coefficient (Wildman–Crippen LogP) is 4.05. The van der Waals surface area contributed by atoms with E-state index in [1.165, 1.54) is 0 Å². The van der Waals surface area contributed by atoms with Gasteiger partial charge in [0.15, 0.2) is 0 Å². The Morgan fingerprint density at radius 1 is 0.926 bits per heavy atom. The maximum Gasteiger partial charge on any atom is 0.243 e. The van der Waals surface area contributed by atoms with Gasteiger partial charge in [0.25, 0.3) is 0 Å². The molecule has 3 rings (SSSR count). The minimum absolute atomic E-state index is 0.0214. The first kappa shape index (κ1) is 19.7. The van der Waals surface area contributed by atoms with Gasteiger partial charge in [0.05, 0.1) is 12.0 Å². The van der Waals surface area contributed by atoms with Crippen LogP contribution < -0.4 is 9.47 Å². The molecule has 0 N–H and O–H groups in total. The number of piperidine rings is 1. The van der Waals surface area contributed by atoms with E-state index in [1.54, 1.807) is 23.5 Å². The minimum atomic E-state index is -3.45. The van der Waals surface area contributed by atoms with Gasteiger partial charge in [-0.15, -0.1) is 0 Å². The summed E-state index contributed by atoms with van der Waals surface area (Å²) in [4.78, 5) is 0.362. The van der Waals surface area contributed by atoms with Gasteiger partial charge < -0.3 is 9.47 Å². The number of rotatable bonds is 6. The third-order valence-electron chi connectivity index (χ3n) is 4.95. The molecule has 1 aliphatic rings. The quantitative estimate of drug-likeness (QED) is 0.748. The molecule has 0 radical (unpaired) electrons.